The Hall–Kier alpha value is -1.25. The van der Waals surface area contributed by atoms with E-state index in [1.165, 1.54) is 4.90 Å². The fraction of sp³-hybridized carbons (Fsp3) is 0.286. The molecule has 2 amide bonds. The monoisotopic (exact) mass is 138 g/mol. The molecule has 1 rings (SSSR count). The number of primary amides is 1. The third kappa shape index (κ3) is 1.37. The molecule has 0 radical (unpaired) electrons. The maximum atomic E-state index is 10.6. The fourth-order valence-corrected chi connectivity index (χ4v) is 0.847. The maximum absolute atomic E-state index is 10.6. The number of urea groups is 1. The quantitative estimate of drug-likeness (QED) is 0.529. The average Bonchev–Trinajstić information content (AvgIpc) is 1.88. The van der Waals surface area contributed by atoms with Gasteiger partial charge < -0.3 is 5.73 Å². The fourth-order valence-electron chi connectivity index (χ4n) is 0.847. The van der Waals surface area contributed by atoms with Gasteiger partial charge in [-0.2, -0.15) is 0 Å². The predicted molar refractivity (Wildman–Crippen MR) is 39.2 cm³/mol. The van der Waals surface area contributed by atoms with Crippen LogP contribution >= 0.6 is 0 Å². The van der Waals surface area contributed by atoms with Crippen LogP contribution in [0.15, 0.2) is 23.9 Å². The SMILES string of the molecule is CC1=CN(C(N)=O)CC=C1. The molecular weight excluding hydrogens is 128 g/mol. The van der Waals surface area contributed by atoms with Crippen molar-refractivity contribution in [3.8, 4) is 0 Å². The summed E-state index contributed by atoms with van der Waals surface area (Å²) in [5, 5.41) is 0. The minimum Gasteiger partial charge on any atom is -0.351 e. The molecule has 3 heteroatoms. The normalized spacial score (nSPS) is 16.9. The van der Waals surface area contributed by atoms with E-state index in [0.717, 1.165) is 5.57 Å². The van der Waals surface area contributed by atoms with Gasteiger partial charge in [-0.1, -0.05) is 12.2 Å². The first-order chi connectivity index (χ1) is 4.70. The zero-order chi connectivity index (χ0) is 7.56. The lowest BCUT2D eigenvalue weighted by atomic mass is 10.2. The van der Waals surface area contributed by atoms with E-state index in [0.29, 0.717) is 6.54 Å². The summed E-state index contributed by atoms with van der Waals surface area (Å²) in [7, 11) is 0. The lowest BCUT2D eigenvalue weighted by Crippen LogP contribution is -2.32. The largest absolute Gasteiger partial charge is 0.351 e. The first-order valence-electron chi connectivity index (χ1n) is 3.11. The van der Waals surface area contributed by atoms with E-state index in [-0.39, 0.29) is 0 Å². The van der Waals surface area contributed by atoms with Crippen molar-refractivity contribution in [2.24, 2.45) is 5.73 Å². The maximum Gasteiger partial charge on any atom is 0.319 e. The van der Waals surface area contributed by atoms with Gasteiger partial charge in [-0.25, -0.2) is 4.79 Å². The molecule has 1 aliphatic rings. The smallest absolute Gasteiger partial charge is 0.319 e. The van der Waals surface area contributed by atoms with Gasteiger partial charge in [0.25, 0.3) is 0 Å². The van der Waals surface area contributed by atoms with Gasteiger partial charge in [0.2, 0.25) is 0 Å². The highest BCUT2D eigenvalue weighted by atomic mass is 16.2. The molecule has 54 valence electrons. The Kier molecular flexibility index (Phi) is 1.76. The predicted octanol–water partition coefficient (Wildman–Crippen LogP) is 0.841. The second kappa shape index (κ2) is 2.56. The van der Waals surface area contributed by atoms with Crippen molar-refractivity contribution in [3.05, 3.63) is 23.9 Å². The number of nitrogens with two attached hydrogens (primary N) is 1. The van der Waals surface area contributed by atoms with E-state index in [1.807, 2.05) is 19.1 Å². The molecule has 0 saturated heterocycles. The molecule has 0 unspecified atom stereocenters. The highest BCUT2D eigenvalue weighted by Gasteiger charge is 2.06. The van der Waals surface area contributed by atoms with Crippen LogP contribution in [0, 0.1) is 0 Å². The van der Waals surface area contributed by atoms with Crippen LogP contribution in [0.2, 0.25) is 0 Å². The van der Waals surface area contributed by atoms with Crippen LogP contribution in [0.1, 0.15) is 6.92 Å². The summed E-state index contributed by atoms with van der Waals surface area (Å²) in [5.41, 5.74) is 6.08. The Morgan fingerprint density at radius 3 is 2.90 bits per heavy atom. The van der Waals surface area contributed by atoms with Crippen LogP contribution in [0.4, 0.5) is 4.79 Å². The van der Waals surface area contributed by atoms with Crippen molar-refractivity contribution in [1.29, 1.82) is 0 Å². The molecule has 0 atom stereocenters. The molecule has 0 aromatic carbocycles. The highest BCUT2D eigenvalue weighted by molar-refractivity contribution is 5.73. The van der Waals surface area contributed by atoms with Crippen molar-refractivity contribution in [3.63, 3.8) is 0 Å². The first kappa shape index (κ1) is 6.86. The van der Waals surface area contributed by atoms with Crippen molar-refractivity contribution in [2.45, 2.75) is 6.92 Å². The Bertz CT molecular complexity index is 206. The van der Waals surface area contributed by atoms with Gasteiger partial charge in [-0.15, -0.1) is 0 Å². The molecule has 1 heterocycles. The number of nitrogens with zero attached hydrogens (tertiary/aromatic N) is 1. The molecule has 0 spiro atoms. The van der Waals surface area contributed by atoms with Crippen LogP contribution in [-0.4, -0.2) is 17.5 Å². The molecule has 1 aliphatic heterocycles. The lowest BCUT2D eigenvalue weighted by Gasteiger charge is -2.16. The van der Waals surface area contributed by atoms with E-state index >= 15 is 0 Å². The Morgan fingerprint density at radius 2 is 2.50 bits per heavy atom. The van der Waals surface area contributed by atoms with E-state index in [9.17, 15) is 4.79 Å². The average molecular weight is 138 g/mol. The second-order valence-corrected chi connectivity index (χ2v) is 2.27. The van der Waals surface area contributed by atoms with Crippen molar-refractivity contribution >= 4 is 6.03 Å². The molecule has 0 fully saturated rings. The standard InChI is InChI=1S/C7H10N2O/c1-6-3-2-4-9(5-6)7(8)10/h2-3,5H,4H2,1H3,(H2,8,10). The summed E-state index contributed by atoms with van der Waals surface area (Å²) in [4.78, 5) is 12.0. The van der Waals surface area contributed by atoms with Crippen LogP contribution in [0.3, 0.4) is 0 Å². The van der Waals surface area contributed by atoms with Crippen molar-refractivity contribution in [1.82, 2.24) is 4.90 Å². The van der Waals surface area contributed by atoms with Gasteiger partial charge >= 0.3 is 6.03 Å². The highest BCUT2D eigenvalue weighted by Crippen LogP contribution is 2.04. The third-order valence-electron chi connectivity index (χ3n) is 1.33. The zero-order valence-corrected chi connectivity index (χ0v) is 5.87. The van der Waals surface area contributed by atoms with Crippen molar-refractivity contribution < 1.29 is 4.79 Å². The molecule has 2 N–H and O–H groups in total. The molecule has 0 aliphatic carbocycles. The van der Waals surface area contributed by atoms with Crippen LogP contribution < -0.4 is 5.73 Å². The Labute approximate surface area is 59.8 Å². The van der Waals surface area contributed by atoms with Gasteiger partial charge in [0.05, 0.1) is 0 Å². The Morgan fingerprint density at radius 1 is 1.80 bits per heavy atom. The topological polar surface area (TPSA) is 46.3 Å². The molecule has 0 aromatic rings. The summed E-state index contributed by atoms with van der Waals surface area (Å²) >= 11 is 0. The third-order valence-corrected chi connectivity index (χ3v) is 1.33. The van der Waals surface area contributed by atoms with E-state index < -0.39 is 6.03 Å². The molecule has 0 aromatic heterocycles. The number of allylic oxidation sites excluding steroid dienone is 2. The summed E-state index contributed by atoms with van der Waals surface area (Å²) in [6.07, 6.45) is 5.60. The molecular formula is C7H10N2O. The molecule has 0 bridgehead atoms. The molecule has 10 heavy (non-hydrogen) atoms. The number of rotatable bonds is 0. The number of hydrogen-bond donors (Lipinski definition) is 1. The van der Waals surface area contributed by atoms with Gasteiger partial charge in [-0.3, -0.25) is 4.90 Å². The summed E-state index contributed by atoms with van der Waals surface area (Å²) in [6, 6.07) is -0.399. The summed E-state index contributed by atoms with van der Waals surface area (Å²) < 4.78 is 0. The van der Waals surface area contributed by atoms with Crippen LogP contribution in [0.25, 0.3) is 0 Å². The number of amides is 2. The molecule has 0 saturated carbocycles. The van der Waals surface area contributed by atoms with E-state index in [4.69, 9.17) is 5.73 Å². The van der Waals surface area contributed by atoms with Gasteiger partial charge in [0.1, 0.15) is 0 Å². The Balaban J connectivity index is 2.69. The minimum atomic E-state index is -0.399. The number of carbonyl (C=O) groups is 1. The lowest BCUT2D eigenvalue weighted by molar-refractivity contribution is 0.227. The second-order valence-electron chi connectivity index (χ2n) is 2.27. The van der Waals surface area contributed by atoms with Crippen LogP contribution in [-0.2, 0) is 0 Å². The molecule has 3 nitrogen and oxygen atoms in total. The van der Waals surface area contributed by atoms with Gasteiger partial charge in [0.15, 0.2) is 0 Å². The zero-order valence-electron chi connectivity index (χ0n) is 5.87. The van der Waals surface area contributed by atoms with E-state index in [2.05, 4.69) is 0 Å². The van der Waals surface area contributed by atoms with Gasteiger partial charge in [0, 0.05) is 12.7 Å². The first-order valence-corrected chi connectivity index (χ1v) is 3.11. The van der Waals surface area contributed by atoms with E-state index in [1.54, 1.807) is 6.20 Å². The van der Waals surface area contributed by atoms with Gasteiger partial charge in [-0.05, 0) is 12.5 Å². The number of hydrogen-bond acceptors (Lipinski definition) is 1. The van der Waals surface area contributed by atoms with Crippen LogP contribution in [0.5, 0.6) is 0 Å². The number of carbonyl (C=O) groups excluding carboxylic acids is 1. The summed E-state index contributed by atoms with van der Waals surface area (Å²) in [5.74, 6) is 0. The minimum absolute atomic E-state index is 0.399. The summed E-state index contributed by atoms with van der Waals surface area (Å²) in [6.45, 7) is 2.51. The van der Waals surface area contributed by atoms with Crippen molar-refractivity contribution in [2.75, 3.05) is 6.54 Å².